The molecule has 0 amide bonds. The minimum absolute atomic E-state index is 0.0419. The Bertz CT molecular complexity index is 805. The van der Waals surface area contributed by atoms with E-state index in [0.29, 0.717) is 12.1 Å². The molecule has 0 fully saturated rings. The van der Waals surface area contributed by atoms with E-state index in [2.05, 4.69) is 0 Å². The van der Waals surface area contributed by atoms with Crippen molar-refractivity contribution >= 4 is 38.9 Å². The summed E-state index contributed by atoms with van der Waals surface area (Å²) >= 11 is 12.0. The Balaban J connectivity index is 2.17. The summed E-state index contributed by atoms with van der Waals surface area (Å²) in [7, 11) is -3.74. The van der Waals surface area contributed by atoms with Gasteiger partial charge in [-0.3, -0.25) is 4.31 Å². The Labute approximate surface area is 134 Å². The first-order valence-corrected chi connectivity index (χ1v) is 8.69. The fourth-order valence-electron chi connectivity index (χ4n) is 2.69. The number of nitrogens with zero attached hydrogens (tertiary/aromatic N) is 1. The molecule has 1 aliphatic rings. The van der Waals surface area contributed by atoms with Crippen molar-refractivity contribution in [2.24, 2.45) is 0 Å². The molecule has 0 radical (unpaired) electrons. The summed E-state index contributed by atoms with van der Waals surface area (Å²) < 4.78 is 27.4. The maximum atomic E-state index is 13.0. The average Bonchev–Trinajstić information content (AvgIpc) is 2.78. The van der Waals surface area contributed by atoms with Gasteiger partial charge in [0.2, 0.25) is 0 Å². The monoisotopic (exact) mass is 341 g/mol. The lowest BCUT2D eigenvalue weighted by molar-refractivity contribution is 0.584. The molecule has 1 heterocycles. The summed E-state index contributed by atoms with van der Waals surface area (Å²) in [5.41, 5.74) is 1.73. The van der Waals surface area contributed by atoms with Crippen LogP contribution in [0.4, 0.5) is 5.69 Å². The quantitative estimate of drug-likeness (QED) is 0.823. The van der Waals surface area contributed by atoms with Crippen LogP contribution in [0.2, 0.25) is 10.0 Å². The maximum absolute atomic E-state index is 13.0. The van der Waals surface area contributed by atoms with Crippen LogP contribution >= 0.6 is 23.2 Å². The number of halogens is 2. The highest BCUT2D eigenvalue weighted by molar-refractivity contribution is 7.93. The second kappa shape index (κ2) is 5.20. The van der Waals surface area contributed by atoms with E-state index in [1.54, 1.807) is 12.1 Å². The highest BCUT2D eigenvalue weighted by atomic mass is 35.5. The molecule has 1 atom stereocenters. The highest BCUT2D eigenvalue weighted by Crippen LogP contribution is 2.39. The van der Waals surface area contributed by atoms with E-state index in [0.717, 1.165) is 5.56 Å². The number of fused-ring (bicyclic) bond motifs is 1. The molecule has 0 N–H and O–H groups in total. The predicted molar refractivity (Wildman–Crippen MR) is 85.7 cm³/mol. The summed E-state index contributed by atoms with van der Waals surface area (Å²) in [5.74, 6) is 0. The predicted octanol–water partition coefficient (Wildman–Crippen LogP) is 4.13. The Hall–Kier alpha value is -1.23. The Morgan fingerprint density at radius 2 is 1.81 bits per heavy atom. The van der Waals surface area contributed by atoms with Crippen LogP contribution in [-0.4, -0.2) is 14.5 Å². The van der Waals surface area contributed by atoms with Gasteiger partial charge in [-0.25, -0.2) is 8.42 Å². The maximum Gasteiger partial charge on any atom is 0.266 e. The largest absolute Gasteiger partial charge is 0.266 e. The normalized spacial score (nSPS) is 17.9. The molecule has 0 spiro atoms. The van der Waals surface area contributed by atoms with E-state index in [1.807, 2.05) is 31.2 Å². The third-order valence-corrected chi connectivity index (χ3v) is 6.50. The standard InChI is InChI=1S/C15H13Cl2NO2S/c1-10-9-11-5-2-3-7-13(11)18(10)21(19,20)14-8-4-6-12(16)15(14)17/h2-8,10H,9H2,1H3/t10-/m1/s1. The molecule has 0 aromatic heterocycles. The zero-order chi connectivity index (χ0) is 15.2. The number of sulfonamides is 1. The lowest BCUT2D eigenvalue weighted by atomic mass is 10.1. The molecular weight excluding hydrogens is 329 g/mol. The van der Waals surface area contributed by atoms with E-state index in [4.69, 9.17) is 23.2 Å². The smallest absolute Gasteiger partial charge is 0.263 e. The molecule has 3 nitrogen and oxygen atoms in total. The molecular formula is C15H13Cl2NO2S. The van der Waals surface area contributed by atoms with Crippen molar-refractivity contribution in [3.05, 3.63) is 58.1 Å². The van der Waals surface area contributed by atoms with Crippen molar-refractivity contribution in [3.8, 4) is 0 Å². The van der Waals surface area contributed by atoms with Crippen LogP contribution in [0.25, 0.3) is 0 Å². The zero-order valence-electron chi connectivity index (χ0n) is 11.3. The van der Waals surface area contributed by atoms with E-state index < -0.39 is 10.0 Å². The second-order valence-corrected chi connectivity index (χ2v) is 7.60. The first-order chi connectivity index (χ1) is 9.93. The van der Waals surface area contributed by atoms with Crippen molar-refractivity contribution in [2.45, 2.75) is 24.3 Å². The van der Waals surface area contributed by atoms with Gasteiger partial charge in [0.1, 0.15) is 4.90 Å². The Morgan fingerprint density at radius 3 is 2.57 bits per heavy atom. The topological polar surface area (TPSA) is 37.4 Å². The number of para-hydroxylation sites is 1. The first-order valence-electron chi connectivity index (χ1n) is 6.49. The molecule has 0 saturated heterocycles. The van der Waals surface area contributed by atoms with Gasteiger partial charge < -0.3 is 0 Å². The Kier molecular flexibility index (Phi) is 3.64. The Morgan fingerprint density at radius 1 is 1.10 bits per heavy atom. The van der Waals surface area contributed by atoms with Crippen molar-refractivity contribution < 1.29 is 8.42 Å². The van der Waals surface area contributed by atoms with Crippen LogP contribution in [0.3, 0.4) is 0 Å². The molecule has 2 aromatic carbocycles. The van der Waals surface area contributed by atoms with Crippen molar-refractivity contribution in [1.82, 2.24) is 0 Å². The number of rotatable bonds is 2. The lowest BCUT2D eigenvalue weighted by Crippen LogP contribution is -2.35. The molecule has 0 unspecified atom stereocenters. The minimum atomic E-state index is -3.74. The van der Waals surface area contributed by atoms with E-state index in [-0.39, 0.29) is 21.0 Å². The third-order valence-electron chi connectivity index (χ3n) is 3.60. The fraction of sp³-hybridized carbons (Fsp3) is 0.200. The molecule has 0 bridgehead atoms. The average molecular weight is 342 g/mol. The summed E-state index contributed by atoms with van der Waals surface area (Å²) in [6.45, 7) is 1.88. The van der Waals surface area contributed by atoms with Gasteiger partial charge in [-0.1, -0.05) is 47.5 Å². The summed E-state index contributed by atoms with van der Waals surface area (Å²) in [4.78, 5) is 0.0419. The SMILES string of the molecule is C[C@@H]1Cc2ccccc2N1S(=O)(=O)c1cccc(Cl)c1Cl. The summed E-state index contributed by atoms with van der Waals surface area (Å²) in [5, 5.41) is 0.300. The number of anilines is 1. The van der Waals surface area contributed by atoms with Gasteiger partial charge >= 0.3 is 0 Å². The molecule has 110 valence electrons. The van der Waals surface area contributed by atoms with Gasteiger partial charge in [-0.05, 0) is 37.1 Å². The number of hydrogen-bond donors (Lipinski definition) is 0. The van der Waals surface area contributed by atoms with Gasteiger partial charge in [0.25, 0.3) is 10.0 Å². The fourth-order valence-corrected chi connectivity index (χ4v) is 5.13. The number of benzene rings is 2. The van der Waals surface area contributed by atoms with Crippen LogP contribution in [0.15, 0.2) is 47.4 Å². The van der Waals surface area contributed by atoms with Crippen molar-refractivity contribution in [2.75, 3.05) is 4.31 Å². The summed E-state index contributed by atoms with van der Waals surface area (Å²) in [6, 6.07) is 12.0. The number of hydrogen-bond acceptors (Lipinski definition) is 2. The van der Waals surface area contributed by atoms with Gasteiger partial charge in [0.05, 0.1) is 15.7 Å². The molecule has 3 rings (SSSR count). The van der Waals surface area contributed by atoms with Crippen LogP contribution in [-0.2, 0) is 16.4 Å². The van der Waals surface area contributed by atoms with E-state index in [9.17, 15) is 8.42 Å². The molecule has 1 aliphatic heterocycles. The van der Waals surface area contributed by atoms with Crippen LogP contribution in [0.1, 0.15) is 12.5 Å². The van der Waals surface area contributed by atoms with E-state index >= 15 is 0 Å². The van der Waals surface area contributed by atoms with Crippen LogP contribution < -0.4 is 4.31 Å². The minimum Gasteiger partial charge on any atom is -0.263 e. The second-order valence-electron chi connectivity index (χ2n) is 5.03. The van der Waals surface area contributed by atoms with Crippen molar-refractivity contribution in [1.29, 1.82) is 0 Å². The van der Waals surface area contributed by atoms with Gasteiger partial charge in [-0.2, -0.15) is 0 Å². The molecule has 21 heavy (non-hydrogen) atoms. The van der Waals surface area contributed by atoms with Gasteiger partial charge in [-0.15, -0.1) is 0 Å². The van der Waals surface area contributed by atoms with Gasteiger partial charge in [0, 0.05) is 6.04 Å². The van der Waals surface area contributed by atoms with Crippen molar-refractivity contribution in [3.63, 3.8) is 0 Å². The molecule has 2 aromatic rings. The lowest BCUT2D eigenvalue weighted by Gasteiger charge is -2.25. The van der Waals surface area contributed by atoms with E-state index in [1.165, 1.54) is 10.4 Å². The molecule has 0 aliphatic carbocycles. The van der Waals surface area contributed by atoms with Crippen LogP contribution in [0.5, 0.6) is 0 Å². The van der Waals surface area contributed by atoms with Crippen LogP contribution in [0, 0.1) is 0 Å². The summed E-state index contributed by atoms with van der Waals surface area (Å²) in [6.07, 6.45) is 0.688. The third kappa shape index (κ3) is 2.31. The van der Waals surface area contributed by atoms with Gasteiger partial charge in [0.15, 0.2) is 0 Å². The first kappa shape index (κ1) is 14.7. The highest BCUT2D eigenvalue weighted by Gasteiger charge is 2.37. The molecule has 0 saturated carbocycles. The zero-order valence-corrected chi connectivity index (χ0v) is 13.6. The molecule has 6 heteroatoms.